The molecule has 5 heteroatoms. The third-order valence-corrected chi connectivity index (χ3v) is 4.06. The van der Waals surface area contributed by atoms with Crippen LogP contribution in [0.2, 0.25) is 0 Å². The molecule has 1 aromatic heterocycles. The minimum atomic E-state index is -0.258. The monoisotopic (exact) mass is 347 g/mol. The van der Waals surface area contributed by atoms with Gasteiger partial charge in [-0.3, -0.25) is 0 Å². The third-order valence-electron chi connectivity index (χ3n) is 4.06. The van der Waals surface area contributed by atoms with Crippen molar-refractivity contribution < 1.29 is 9.13 Å². The molecule has 3 rings (SSSR count). The topological polar surface area (TPSA) is 57.9 Å². The van der Waals surface area contributed by atoms with Crippen LogP contribution in [0.3, 0.4) is 0 Å². The highest BCUT2D eigenvalue weighted by Gasteiger charge is 2.14. The zero-order valence-electron chi connectivity index (χ0n) is 14.3. The first-order valence-corrected chi connectivity index (χ1v) is 8.20. The molecule has 0 radical (unpaired) electrons. The maximum Gasteiger partial charge on any atom is 0.142 e. The third kappa shape index (κ3) is 4.37. The quantitative estimate of drug-likeness (QED) is 0.713. The molecule has 1 atom stereocenters. The minimum Gasteiger partial charge on any atom is -0.497 e. The van der Waals surface area contributed by atoms with E-state index in [9.17, 15) is 4.39 Å². The van der Waals surface area contributed by atoms with Crippen molar-refractivity contribution in [2.24, 2.45) is 0 Å². The van der Waals surface area contributed by atoms with E-state index >= 15 is 0 Å². The molecule has 3 aromatic rings. The zero-order chi connectivity index (χ0) is 18.4. The molecular weight excluding hydrogens is 329 g/mol. The van der Waals surface area contributed by atoms with Crippen molar-refractivity contribution in [2.75, 3.05) is 12.4 Å². The van der Waals surface area contributed by atoms with Crippen molar-refractivity contribution in [2.45, 2.75) is 12.5 Å². The van der Waals surface area contributed by atoms with Gasteiger partial charge in [0.05, 0.1) is 13.2 Å². The molecule has 0 saturated carbocycles. The SMILES string of the molecule is COc1ccc(C(Cc2ccc(F)cc2)Nc2cccc(C#N)n2)cc1. The molecule has 0 bridgehead atoms. The maximum absolute atomic E-state index is 13.2. The van der Waals surface area contributed by atoms with Crippen LogP contribution in [0.15, 0.2) is 66.7 Å². The Kier molecular flexibility index (Phi) is 5.45. The van der Waals surface area contributed by atoms with Crippen molar-refractivity contribution >= 4 is 5.82 Å². The van der Waals surface area contributed by atoms with Crippen molar-refractivity contribution in [3.8, 4) is 11.8 Å². The van der Waals surface area contributed by atoms with Crippen LogP contribution in [0.1, 0.15) is 22.9 Å². The fraction of sp³-hybridized carbons (Fsp3) is 0.143. The van der Waals surface area contributed by atoms with Crippen LogP contribution in [-0.4, -0.2) is 12.1 Å². The summed E-state index contributed by atoms with van der Waals surface area (Å²) in [5.74, 6) is 1.14. The van der Waals surface area contributed by atoms with Crippen LogP contribution in [-0.2, 0) is 6.42 Å². The lowest BCUT2D eigenvalue weighted by Gasteiger charge is -2.20. The summed E-state index contributed by atoms with van der Waals surface area (Å²) >= 11 is 0. The molecule has 0 amide bonds. The molecule has 0 fully saturated rings. The highest BCUT2D eigenvalue weighted by molar-refractivity contribution is 5.43. The molecule has 1 heterocycles. The van der Waals surface area contributed by atoms with Gasteiger partial charge >= 0.3 is 0 Å². The Balaban J connectivity index is 1.89. The van der Waals surface area contributed by atoms with E-state index in [2.05, 4.69) is 10.3 Å². The normalized spacial score (nSPS) is 11.4. The van der Waals surface area contributed by atoms with Crippen molar-refractivity contribution in [1.82, 2.24) is 4.98 Å². The van der Waals surface area contributed by atoms with Crippen LogP contribution in [0.25, 0.3) is 0 Å². The van der Waals surface area contributed by atoms with Gasteiger partial charge in [-0.1, -0.05) is 30.3 Å². The molecule has 26 heavy (non-hydrogen) atoms. The fourth-order valence-corrected chi connectivity index (χ4v) is 2.70. The first-order valence-electron chi connectivity index (χ1n) is 8.20. The van der Waals surface area contributed by atoms with E-state index in [1.54, 1.807) is 31.4 Å². The predicted molar refractivity (Wildman–Crippen MR) is 98.4 cm³/mol. The minimum absolute atomic E-state index is 0.0900. The summed E-state index contributed by atoms with van der Waals surface area (Å²) < 4.78 is 18.4. The van der Waals surface area contributed by atoms with Crippen LogP contribution in [0.4, 0.5) is 10.2 Å². The van der Waals surface area contributed by atoms with Crippen molar-refractivity contribution in [3.05, 3.63) is 89.4 Å². The lowest BCUT2D eigenvalue weighted by molar-refractivity contribution is 0.414. The van der Waals surface area contributed by atoms with Crippen LogP contribution < -0.4 is 10.1 Å². The second-order valence-corrected chi connectivity index (χ2v) is 5.82. The molecule has 0 saturated heterocycles. The van der Waals surface area contributed by atoms with Gasteiger partial charge in [0, 0.05) is 0 Å². The van der Waals surface area contributed by atoms with Crippen molar-refractivity contribution in [3.63, 3.8) is 0 Å². The Labute approximate surface area is 151 Å². The highest BCUT2D eigenvalue weighted by atomic mass is 19.1. The Bertz CT molecular complexity index is 902. The number of methoxy groups -OCH3 is 1. The number of pyridine rings is 1. The van der Waals surface area contributed by atoms with Gasteiger partial charge in [-0.25, -0.2) is 9.37 Å². The smallest absolute Gasteiger partial charge is 0.142 e. The number of ether oxygens (including phenoxy) is 1. The van der Waals surface area contributed by atoms with Gasteiger partial charge in [-0.05, 0) is 53.9 Å². The Morgan fingerprint density at radius 1 is 1.08 bits per heavy atom. The molecule has 130 valence electrons. The number of benzene rings is 2. The summed E-state index contributed by atoms with van der Waals surface area (Å²) in [6, 6.07) is 21.4. The van der Waals surface area contributed by atoms with Crippen LogP contribution >= 0.6 is 0 Å². The molecular formula is C21H18FN3O. The fourth-order valence-electron chi connectivity index (χ4n) is 2.70. The van der Waals surface area contributed by atoms with Gasteiger partial charge in [-0.2, -0.15) is 5.26 Å². The lowest BCUT2D eigenvalue weighted by atomic mass is 9.98. The van der Waals surface area contributed by atoms with Gasteiger partial charge in [-0.15, -0.1) is 0 Å². The number of halogens is 1. The average molecular weight is 347 g/mol. The summed E-state index contributed by atoms with van der Waals surface area (Å²) in [4.78, 5) is 4.29. The van der Waals surface area contributed by atoms with E-state index in [-0.39, 0.29) is 11.9 Å². The molecule has 1 unspecified atom stereocenters. The highest BCUT2D eigenvalue weighted by Crippen LogP contribution is 2.25. The van der Waals surface area contributed by atoms with Gasteiger partial charge < -0.3 is 10.1 Å². The zero-order valence-corrected chi connectivity index (χ0v) is 14.3. The summed E-state index contributed by atoms with van der Waals surface area (Å²) in [5, 5.41) is 12.4. The summed E-state index contributed by atoms with van der Waals surface area (Å²) in [6.07, 6.45) is 0.644. The Morgan fingerprint density at radius 3 is 2.46 bits per heavy atom. The largest absolute Gasteiger partial charge is 0.497 e. The van der Waals surface area contributed by atoms with Gasteiger partial charge in [0.25, 0.3) is 0 Å². The maximum atomic E-state index is 13.2. The molecule has 0 spiro atoms. The van der Waals surface area contributed by atoms with E-state index in [1.165, 1.54) is 12.1 Å². The van der Waals surface area contributed by atoms with E-state index in [1.807, 2.05) is 36.4 Å². The summed E-state index contributed by atoms with van der Waals surface area (Å²) in [7, 11) is 1.63. The second-order valence-electron chi connectivity index (χ2n) is 5.82. The van der Waals surface area contributed by atoms with Crippen molar-refractivity contribution in [1.29, 1.82) is 5.26 Å². The molecule has 2 aromatic carbocycles. The van der Waals surface area contributed by atoms with E-state index in [0.29, 0.717) is 17.9 Å². The molecule has 0 aliphatic heterocycles. The second kappa shape index (κ2) is 8.13. The Morgan fingerprint density at radius 2 is 1.81 bits per heavy atom. The van der Waals surface area contributed by atoms with Gasteiger partial charge in [0.15, 0.2) is 0 Å². The average Bonchev–Trinajstić information content (AvgIpc) is 2.69. The first-order chi connectivity index (χ1) is 12.7. The van der Waals surface area contributed by atoms with Gasteiger partial charge in [0.1, 0.15) is 29.1 Å². The summed E-state index contributed by atoms with van der Waals surface area (Å²) in [6.45, 7) is 0. The van der Waals surface area contributed by atoms with Crippen LogP contribution in [0.5, 0.6) is 5.75 Å². The molecule has 1 N–H and O–H groups in total. The number of hydrogen-bond acceptors (Lipinski definition) is 4. The summed E-state index contributed by atoms with van der Waals surface area (Å²) in [5.41, 5.74) is 2.39. The van der Waals surface area contributed by atoms with E-state index in [0.717, 1.165) is 16.9 Å². The number of hydrogen-bond donors (Lipinski definition) is 1. The lowest BCUT2D eigenvalue weighted by Crippen LogP contribution is -2.15. The first kappa shape index (κ1) is 17.4. The van der Waals surface area contributed by atoms with E-state index < -0.39 is 0 Å². The number of nitriles is 1. The molecule has 0 aliphatic rings. The molecule has 0 aliphatic carbocycles. The number of nitrogens with one attached hydrogen (secondary N) is 1. The Hall–Kier alpha value is -3.39. The predicted octanol–water partition coefficient (Wildman–Crippen LogP) is 4.50. The number of rotatable bonds is 6. The van der Waals surface area contributed by atoms with Crippen LogP contribution in [0, 0.1) is 17.1 Å². The number of anilines is 1. The standard InChI is InChI=1S/C21H18FN3O/c1-26-19-11-7-16(8-12-19)20(13-15-5-9-17(22)10-6-15)25-21-4-2-3-18(14-23)24-21/h2-12,20H,13H2,1H3,(H,24,25). The van der Waals surface area contributed by atoms with Gasteiger partial charge in [0.2, 0.25) is 0 Å². The molecule has 4 nitrogen and oxygen atoms in total. The number of aromatic nitrogens is 1. The van der Waals surface area contributed by atoms with E-state index in [4.69, 9.17) is 10.00 Å². The number of nitrogens with zero attached hydrogens (tertiary/aromatic N) is 2.